The van der Waals surface area contributed by atoms with Gasteiger partial charge in [-0.3, -0.25) is 4.79 Å². The molecule has 11 heteroatoms. The normalized spacial score (nSPS) is 26.0. The van der Waals surface area contributed by atoms with Crippen LogP contribution in [0.2, 0.25) is 0 Å². The summed E-state index contributed by atoms with van der Waals surface area (Å²) in [5, 5.41) is 37.6. The molecule has 4 atom stereocenters. The molecule has 2 N–H and O–H groups in total. The van der Waals surface area contributed by atoms with Crippen molar-refractivity contribution in [2.75, 3.05) is 13.1 Å². The number of aliphatic hydroxyl groups is 1. The molecule has 10 nitrogen and oxygen atoms in total. The number of hydrazone groups is 1. The van der Waals surface area contributed by atoms with Crippen LogP contribution in [0.1, 0.15) is 74.6 Å². The third-order valence-electron chi connectivity index (χ3n) is 6.53. The van der Waals surface area contributed by atoms with Gasteiger partial charge in [0.1, 0.15) is 0 Å². The van der Waals surface area contributed by atoms with Crippen molar-refractivity contribution < 1.29 is 36.9 Å². The Morgan fingerprint density at radius 3 is 2.19 bits per heavy atom. The van der Waals surface area contributed by atoms with Crippen molar-refractivity contribution in [1.29, 1.82) is 0 Å². The first-order chi connectivity index (χ1) is 17.5. The van der Waals surface area contributed by atoms with E-state index in [-0.39, 0.29) is 52.3 Å². The van der Waals surface area contributed by atoms with E-state index in [1.54, 1.807) is 24.6 Å². The molecule has 1 saturated carbocycles. The average molecular weight is 552 g/mol. The van der Waals surface area contributed by atoms with Crippen LogP contribution in [0.25, 0.3) is 16.1 Å². The standard InChI is InChI=1S/C13H22N3O2.C13H16N3O2.Mn/c2*17-12-7-2-1-6-11(12)13(18)16-15-9-10-5-3-4-8-14-10;/h9-12,17H,1-8H2,(H,16,18);1-2,6-7,9-10,17H,3-5,8H2,(H,16,18);/q2*-1;+2/p-2/b2*15-9+;. The first kappa shape index (κ1) is 30.9. The molecule has 1 aliphatic carbocycles. The Kier molecular flexibility index (Phi) is 14.4. The Morgan fingerprint density at radius 2 is 1.57 bits per heavy atom. The van der Waals surface area contributed by atoms with E-state index in [1.165, 1.54) is 12.1 Å². The Labute approximate surface area is 229 Å². The third kappa shape index (κ3) is 10.9. The third-order valence-corrected chi connectivity index (χ3v) is 6.53. The fraction of sp³-hybridized carbons (Fsp3) is 0.615. The molecule has 0 bridgehead atoms. The summed E-state index contributed by atoms with van der Waals surface area (Å²) in [7, 11) is 0. The Bertz CT molecular complexity index is 888. The van der Waals surface area contributed by atoms with Crippen molar-refractivity contribution in [1.82, 2.24) is 5.43 Å². The van der Waals surface area contributed by atoms with Crippen LogP contribution in [-0.2, 0) is 21.9 Å². The van der Waals surface area contributed by atoms with Gasteiger partial charge in [0.15, 0.2) is 0 Å². The molecule has 0 spiro atoms. The van der Waals surface area contributed by atoms with Gasteiger partial charge >= 0.3 is 17.1 Å². The molecular formula is C26H36MnN6O4-2. The summed E-state index contributed by atoms with van der Waals surface area (Å²) in [6.07, 6.45) is 12.7. The van der Waals surface area contributed by atoms with Gasteiger partial charge in [-0.15, -0.1) is 19.1 Å². The molecule has 203 valence electrons. The number of hydrogen-bond acceptors (Lipinski definition) is 6. The van der Waals surface area contributed by atoms with Crippen LogP contribution in [-0.4, -0.2) is 60.6 Å². The van der Waals surface area contributed by atoms with E-state index in [0.29, 0.717) is 6.42 Å². The largest absolute Gasteiger partial charge is 2.00 e. The van der Waals surface area contributed by atoms with Crippen molar-refractivity contribution in [2.45, 2.75) is 82.4 Å². The minimum Gasteiger partial charge on any atom is -0.872 e. The molecule has 3 fully saturated rings. The summed E-state index contributed by atoms with van der Waals surface area (Å²) in [6.45, 7) is 1.74. The number of nitrogens with one attached hydrogen (secondary N) is 1. The monoisotopic (exact) mass is 551 g/mol. The fourth-order valence-electron chi connectivity index (χ4n) is 4.41. The number of hydrogen-bond donors (Lipinski definition) is 2. The van der Waals surface area contributed by atoms with Crippen LogP contribution < -0.4 is 10.5 Å². The first-order valence-corrected chi connectivity index (χ1v) is 12.9. The van der Waals surface area contributed by atoms with Crippen LogP contribution in [0.3, 0.4) is 0 Å². The SMILES string of the molecule is O=C(N/N=C/C1CCCC[N-]1)c1ccccc1[O-].O=C([N-]/N=C/C1CCCC[N-]1)C1CCCCC1O.[Mn+2]. The number of rotatable bonds is 6. The summed E-state index contributed by atoms with van der Waals surface area (Å²) >= 11 is 0. The number of piperidine rings is 2. The summed E-state index contributed by atoms with van der Waals surface area (Å²) in [5.41, 5.74) is 6.17. The Morgan fingerprint density at radius 1 is 0.946 bits per heavy atom. The van der Waals surface area contributed by atoms with E-state index < -0.39 is 12.0 Å². The van der Waals surface area contributed by atoms with Gasteiger partial charge in [0.2, 0.25) is 0 Å². The van der Waals surface area contributed by atoms with Crippen molar-refractivity contribution in [3.63, 3.8) is 0 Å². The maximum atomic E-state index is 11.8. The van der Waals surface area contributed by atoms with E-state index >= 15 is 0 Å². The van der Waals surface area contributed by atoms with Gasteiger partial charge in [0.25, 0.3) is 5.91 Å². The molecular weight excluding hydrogens is 515 g/mol. The van der Waals surface area contributed by atoms with Gasteiger partial charge in [-0.1, -0.05) is 87.4 Å². The predicted molar refractivity (Wildman–Crippen MR) is 138 cm³/mol. The van der Waals surface area contributed by atoms with E-state index in [4.69, 9.17) is 0 Å². The molecule has 2 amide bonds. The van der Waals surface area contributed by atoms with Crippen molar-refractivity contribution in [3.8, 4) is 5.75 Å². The quantitative estimate of drug-likeness (QED) is 0.314. The second kappa shape index (κ2) is 17.3. The zero-order chi connectivity index (χ0) is 25.6. The molecule has 4 rings (SSSR count). The molecule has 1 aromatic carbocycles. The second-order valence-corrected chi connectivity index (χ2v) is 9.31. The smallest absolute Gasteiger partial charge is 0.872 e. The molecule has 2 saturated heterocycles. The fourth-order valence-corrected chi connectivity index (χ4v) is 4.41. The van der Waals surface area contributed by atoms with Gasteiger partial charge < -0.3 is 36.2 Å². The molecule has 2 aliphatic heterocycles. The van der Waals surface area contributed by atoms with Gasteiger partial charge in [-0.25, -0.2) is 5.43 Å². The van der Waals surface area contributed by atoms with Crippen LogP contribution in [0, 0.1) is 5.92 Å². The van der Waals surface area contributed by atoms with Crippen LogP contribution in [0.4, 0.5) is 0 Å². The summed E-state index contributed by atoms with van der Waals surface area (Å²) in [6, 6.07) is 6.29. The minimum absolute atomic E-state index is 0. The van der Waals surface area contributed by atoms with Crippen LogP contribution in [0.15, 0.2) is 34.5 Å². The topological polar surface area (TPSA) is 156 Å². The zero-order valence-corrected chi connectivity index (χ0v) is 22.2. The van der Waals surface area contributed by atoms with E-state index in [9.17, 15) is 19.8 Å². The summed E-state index contributed by atoms with van der Waals surface area (Å²) < 4.78 is 0. The zero-order valence-electron chi connectivity index (χ0n) is 21.0. The van der Waals surface area contributed by atoms with Crippen LogP contribution in [0.5, 0.6) is 5.75 Å². The van der Waals surface area contributed by atoms with Crippen molar-refractivity contribution in [3.05, 3.63) is 45.9 Å². The molecule has 3 aliphatic rings. The van der Waals surface area contributed by atoms with Gasteiger partial charge in [0, 0.05) is 17.7 Å². The Balaban J connectivity index is 0.000000253. The number of para-hydroxylation sites is 1. The first-order valence-electron chi connectivity index (χ1n) is 12.9. The molecule has 1 aromatic rings. The van der Waals surface area contributed by atoms with Gasteiger partial charge in [-0.05, 0) is 19.1 Å². The maximum Gasteiger partial charge on any atom is 2.00 e. The number of nitrogens with zero attached hydrogens (tertiary/aromatic N) is 5. The minimum atomic E-state index is -0.537. The number of carbonyl (C=O) groups excluding carboxylic acids is 2. The molecule has 0 aromatic heterocycles. The number of amides is 2. The number of aliphatic hydroxyl groups excluding tert-OH is 1. The number of carbonyl (C=O) groups is 2. The molecule has 2 heterocycles. The second-order valence-electron chi connectivity index (χ2n) is 9.31. The van der Waals surface area contributed by atoms with Crippen molar-refractivity contribution >= 4 is 24.2 Å². The van der Waals surface area contributed by atoms with Crippen LogP contribution >= 0.6 is 0 Å². The summed E-state index contributed by atoms with van der Waals surface area (Å²) in [4.78, 5) is 23.4. The van der Waals surface area contributed by atoms with E-state index in [2.05, 4.69) is 31.7 Å². The predicted octanol–water partition coefficient (Wildman–Crippen LogP) is 3.75. The number of benzene rings is 1. The van der Waals surface area contributed by atoms with Gasteiger partial charge in [-0.2, -0.15) is 5.10 Å². The van der Waals surface area contributed by atoms with Gasteiger partial charge in [0.05, 0.1) is 12.0 Å². The average Bonchev–Trinajstić information content (AvgIpc) is 2.91. The Hall–Kier alpha value is -2.30. The van der Waals surface area contributed by atoms with E-state index in [1.807, 2.05) is 0 Å². The molecule has 1 radical (unpaired) electrons. The van der Waals surface area contributed by atoms with E-state index in [0.717, 1.165) is 70.9 Å². The molecule has 4 unspecified atom stereocenters. The maximum absolute atomic E-state index is 11.8. The van der Waals surface area contributed by atoms with Crippen molar-refractivity contribution in [2.24, 2.45) is 16.1 Å². The summed E-state index contributed by atoms with van der Waals surface area (Å²) in [5.74, 6) is -1.41. The molecule has 37 heavy (non-hydrogen) atoms.